The van der Waals surface area contributed by atoms with Gasteiger partial charge in [0, 0.05) is 16.4 Å². The van der Waals surface area contributed by atoms with Crippen LogP contribution in [0.2, 0.25) is 0 Å². The first-order chi connectivity index (χ1) is 14.6. The lowest BCUT2D eigenvalue weighted by atomic mass is 10.3. The molecule has 152 valence electrons. The topological polar surface area (TPSA) is 81.2 Å². The highest BCUT2D eigenvalue weighted by Crippen LogP contribution is 2.26. The highest BCUT2D eigenvalue weighted by Gasteiger charge is 2.17. The van der Waals surface area contributed by atoms with Gasteiger partial charge in [0.15, 0.2) is 5.82 Å². The summed E-state index contributed by atoms with van der Waals surface area (Å²) in [5, 5.41) is 0.239. The van der Waals surface area contributed by atoms with Crippen LogP contribution in [0, 0.1) is 0 Å². The summed E-state index contributed by atoms with van der Waals surface area (Å²) in [7, 11) is -3.76. The Hall–Kier alpha value is -2.88. The molecular weight excluding hydrogens is 438 g/mol. The number of para-hydroxylation sites is 1. The van der Waals surface area contributed by atoms with Gasteiger partial charge in [0.1, 0.15) is 11.5 Å². The Morgan fingerprint density at radius 2 is 1.50 bits per heavy atom. The second-order valence-electron chi connectivity index (χ2n) is 6.11. The number of sulfonamides is 1. The molecule has 9 heteroatoms. The Bertz CT molecular complexity index is 1200. The molecule has 4 rings (SSSR count). The molecule has 0 spiro atoms. The number of rotatable bonds is 8. The Kier molecular flexibility index (Phi) is 6.32. The zero-order valence-electron chi connectivity index (χ0n) is 15.6. The first-order valence-electron chi connectivity index (χ1n) is 8.95. The number of benzene rings is 3. The van der Waals surface area contributed by atoms with Crippen LogP contribution in [-0.2, 0) is 15.8 Å². The van der Waals surface area contributed by atoms with Gasteiger partial charge in [-0.3, -0.25) is 4.72 Å². The first-order valence-corrected chi connectivity index (χ1v) is 12.2. The van der Waals surface area contributed by atoms with E-state index in [9.17, 15) is 8.42 Å². The second-order valence-corrected chi connectivity index (χ2v) is 9.59. The summed E-state index contributed by atoms with van der Waals surface area (Å²) in [5.41, 5.74) is 0. The zero-order valence-corrected chi connectivity index (χ0v) is 18.1. The van der Waals surface area contributed by atoms with E-state index in [2.05, 4.69) is 14.1 Å². The van der Waals surface area contributed by atoms with Gasteiger partial charge in [-0.15, -0.1) is 11.8 Å². The minimum atomic E-state index is -3.76. The molecule has 0 saturated heterocycles. The van der Waals surface area contributed by atoms with Crippen molar-refractivity contribution in [3.05, 3.63) is 90.8 Å². The molecule has 0 fully saturated rings. The Labute approximate surface area is 183 Å². The van der Waals surface area contributed by atoms with E-state index >= 15 is 0 Å². The summed E-state index contributed by atoms with van der Waals surface area (Å²) in [6.45, 7) is 0. The molecule has 3 aromatic carbocycles. The van der Waals surface area contributed by atoms with E-state index in [4.69, 9.17) is 4.74 Å². The predicted octanol–water partition coefficient (Wildman–Crippen LogP) is 5.42. The molecule has 0 radical (unpaired) electrons. The van der Waals surface area contributed by atoms with E-state index in [0.717, 1.165) is 16.4 Å². The van der Waals surface area contributed by atoms with Gasteiger partial charge in [-0.05, 0) is 48.5 Å². The highest BCUT2D eigenvalue weighted by molar-refractivity contribution is 7.98. The maximum atomic E-state index is 12.6. The standard InChI is InChI=1S/C21H17N3O3S3/c25-30(26,19-13-11-17(12-14-19)27-16-7-3-1-4-8-16)24-21-22-20(23-29-21)15-28-18-9-5-2-6-10-18/h1-14H,15H2,(H,22,23,24). The average Bonchev–Trinajstić information content (AvgIpc) is 3.21. The smallest absolute Gasteiger partial charge is 0.263 e. The van der Waals surface area contributed by atoms with E-state index in [1.165, 1.54) is 12.1 Å². The maximum absolute atomic E-state index is 12.6. The minimum absolute atomic E-state index is 0.123. The van der Waals surface area contributed by atoms with E-state index in [1.807, 2.05) is 60.7 Å². The van der Waals surface area contributed by atoms with Crippen molar-refractivity contribution in [3.63, 3.8) is 0 Å². The summed E-state index contributed by atoms with van der Waals surface area (Å²) < 4.78 is 37.7. The number of ether oxygens (including phenoxy) is 1. The third kappa shape index (κ3) is 5.38. The molecular formula is C21H17N3O3S3. The van der Waals surface area contributed by atoms with Crippen LogP contribution in [-0.4, -0.2) is 17.8 Å². The van der Waals surface area contributed by atoms with Crippen LogP contribution >= 0.6 is 23.3 Å². The van der Waals surface area contributed by atoms with Crippen LogP contribution in [0.3, 0.4) is 0 Å². The molecule has 0 atom stereocenters. The normalized spacial score (nSPS) is 11.2. The van der Waals surface area contributed by atoms with Gasteiger partial charge < -0.3 is 4.74 Å². The fourth-order valence-corrected chi connectivity index (χ4v) is 5.17. The molecule has 0 amide bonds. The van der Waals surface area contributed by atoms with Crippen molar-refractivity contribution in [3.8, 4) is 11.5 Å². The lowest BCUT2D eigenvalue weighted by molar-refractivity contribution is 0.482. The summed E-state index contributed by atoms with van der Waals surface area (Å²) in [6.07, 6.45) is 0. The summed E-state index contributed by atoms with van der Waals surface area (Å²) in [6, 6.07) is 25.4. The number of hydrogen-bond acceptors (Lipinski definition) is 7. The molecule has 0 aliphatic carbocycles. The summed E-state index contributed by atoms with van der Waals surface area (Å²) in [5.74, 6) is 2.38. The largest absolute Gasteiger partial charge is 0.457 e. The number of nitrogens with one attached hydrogen (secondary N) is 1. The van der Waals surface area contributed by atoms with Crippen LogP contribution < -0.4 is 9.46 Å². The van der Waals surface area contributed by atoms with Crippen LogP contribution in [0.25, 0.3) is 0 Å². The third-order valence-corrected chi connectivity index (χ3v) is 7.07. The van der Waals surface area contributed by atoms with Crippen LogP contribution in [0.1, 0.15) is 5.82 Å². The predicted molar refractivity (Wildman–Crippen MR) is 120 cm³/mol. The fourth-order valence-electron chi connectivity index (χ4n) is 2.50. The van der Waals surface area contributed by atoms with Gasteiger partial charge in [0.05, 0.1) is 10.6 Å². The zero-order chi connectivity index (χ0) is 20.8. The Morgan fingerprint density at radius 1 is 0.867 bits per heavy atom. The van der Waals surface area contributed by atoms with Crippen molar-refractivity contribution in [2.45, 2.75) is 15.5 Å². The van der Waals surface area contributed by atoms with Crippen molar-refractivity contribution in [2.24, 2.45) is 0 Å². The second kappa shape index (κ2) is 9.29. The first kappa shape index (κ1) is 20.4. The van der Waals surface area contributed by atoms with E-state index in [1.54, 1.807) is 23.9 Å². The van der Waals surface area contributed by atoms with Crippen molar-refractivity contribution in [1.29, 1.82) is 0 Å². The molecule has 0 aliphatic rings. The maximum Gasteiger partial charge on any atom is 0.263 e. The lowest BCUT2D eigenvalue weighted by Gasteiger charge is -2.07. The SMILES string of the molecule is O=S(=O)(Nc1nc(CSc2ccccc2)ns1)c1ccc(Oc2ccccc2)cc1. The monoisotopic (exact) mass is 455 g/mol. The van der Waals surface area contributed by atoms with Crippen molar-refractivity contribution >= 4 is 38.4 Å². The molecule has 1 N–H and O–H groups in total. The van der Waals surface area contributed by atoms with Gasteiger partial charge in [-0.2, -0.15) is 4.37 Å². The molecule has 4 aromatic rings. The highest BCUT2D eigenvalue weighted by atomic mass is 32.2. The van der Waals surface area contributed by atoms with E-state index in [0.29, 0.717) is 23.1 Å². The number of aromatic nitrogens is 2. The average molecular weight is 456 g/mol. The molecule has 1 heterocycles. The summed E-state index contributed by atoms with van der Waals surface area (Å²) in [4.78, 5) is 5.51. The number of nitrogens with zero attached hydrogens (tertiary/aromatic N) is 2. The van der Waals surface area contributed by atoms with Crippen molar-refractivity contribution in [2.75, 3.05) is 4.72 Å². The van der Waals surface area contributed by atoms with Crippen LogP contribution in [0.5, 0.6) is 11.5 Å². The number of anilines is 1. The third-order valence-electron chi connectivity index (χ3n) is 3.91. The molecule has 1 aromatic heterocycles. The molecule has 30 heavy (non-hydrogen) atoms. The molecule has 0 aliphatic heterocycles. The van der Waals surface area contributed by atoms with Crippen molar-refractivity contribution < 1.29 is 13.2 Å². The minimum Gasteiger partial charge on any atom is -0.457 e. The van der Waals surface area contributed by atoms with Crippen LogP contribution in [0.4, 0.5) is 5.13 Å². The Morgan fingerprint density at radius 3 is 2.20 bits per heavy atom. The van der Waals surface area contributed by atoms with Gasteiger partial charge in [0.2, 0.25) is 5.13 Å². The van der Waals surface area contributed by atoms with E-state index in [-0.39, 0.29) is 10.0 Å². The molecule has 0 unspecified atom stereocenters. The van der Waals surface area contributed by atoms with Crippen molar-refractivity contribution in [1.82, 2.24) is 9.36 Å². The van der Waals surface area contributed by atoms with Gasteiger partial charge in [0.25, 0.3) is 10.0 Å². The number of thioether (sulfide) groups is 1. The van der Waals surface area contributed by atoms with Gasteiger partial charge in [-0.1, -0.05) is 36.4 Å². The van der Waals surface area contributed by atoms with E-state index < -0.39 is 10.0 Å². The molecule has 6 nitrogen and oxygen atoms in total. The summed E-state index contributed by atoms with van der Waals surface area (Å²) >= 11 is 2.62. The molecule has 0 saturated carbocycles. The van der Waals surface area contributed by atoms with Gasteiger partial charge >= 0.3 is 0 Å². The Balaban J connectivity index is 1.38. The van der Waals surface area contributed by atoms with Gasteiger partial charge in [-0.25, -0.2) is 13.4 Å². The molecule has 0 bridgehead atoms. The van der Waals surface area contributed by atoms with Crippen LogP contribution in [0.15, 0.2) is 94.7 Å². The number of hydrogen-bond donors (Lipinski definition) is 1. The lowest BCUT2D eigenvalue weighted by Crippen LogP contribution is -2.12. The fraction of sp³-hybridized carbons (Fsp3) is 0.0476. The quantitative estimate of drug-likeness (QED) is 0.357.